The maximum absolute atomic E-state index is 12.3. The Balaban J connectivity index is 1.63. The summed E-state index contributed by atoms with van der Waals surface area (Å²) in [6, 6.07) is 13.5. The molecule has 1 heterocycles. The van der Waals surface area contributed by atoms with Crippen molar-refractivity contribution in [3.8, 4) is 22.1 Å². The first-order valence-electron chi connectivity index (χ1n) is 8.63. The first-order valence-corrected chi connectivity index (χ1v) is 9.51. The summed E-state index contributed by atoms with van der Waals surface area (Å²) >= 11 is 1.55. The van der Waals surface area contributed by atoms with E-state index in [4.69, 9.17) is 9.47 Å². The van der Waals surface area contributed by atoms with Gasteiger partial charge in [-0.1, -0.05) is 18.2 Å². The van der Waals surface area contributed by atoms with E-state index in [0.717, 1.165) is 27.6 Å². The van der Waals surface area contributed by atoms with Crippen molar-refractivity contribution in [3.63, 3.8) is 0 Å². The van der Waals surface area contributed by atoms with Crippen LogP contribution in [0.2, 0.25) is 0 Å². The Bertz CT molecular complexity index is 937. The molecule has 0 bridgehead atoms. The molecule has 0 atom stereocenters. The highest BCUT2D eigenvalue weighted by atomic mass is 32.1. The smallest absolute Gasteiger partial charge is 0.224 e. The second kappa shape index (κ2) is 8.68. The SMILES string of the molecule is COc1ccc(C)cc1NC(=O)CCc1csc(-c2ccccc2OC)n1. The number of aromatic nitrogens is 1. The van der Waals surface area contributed by atoms with Crippen molar-refractivity contribution in [1.29, 1.82) is 0 Å². The molecule has 0 radical (unpaired) electrons. The fourth-order valence-electron chi connectivity index (χ4n) is 2.74. The van der Waals surface area contributed by atoms with E-state index in [9.17, 15) is 4.79 Å². The summed E-state index contributed by atoms with van der Waals surface area (Å²) in [5.74, 6) is 1.38. The van der Waals surface area contributed by atoms with E-state index in [1.807, 2.05) is 54.8 Å². The van der Waals surface area contributed by atoms with E-state index in [1.54, 1.807) is 25.6 Å². The molecule has 2 aromatic carbocycles. The largest absolute Gasteiger partial charge is 0.496 e. The van der Waals surface area contributed by atoms with Crippen LogP contribution in [0.3, 0.4) is 0 Å². The predicted molar refractivity (Wildman–Crippen MR) is 109 cm³/mol. The maximum atomic E-state index is 12.3. The molecule has 0 aliphatic carbocycles. The van der Waals surface area contributed by atoms with Gasteiger partial charge in [-0.05, 0) is 43.2 Å². The van der Waals surface area contributed by atoms with E-state index >= 15 is 0 Å². The first kappa shape index (κ1) is 18.9. The van der Waals surface area contributed by atoms with Crippen LogP contribution < -0.4 is 14.8 Å². The summed E-state index contributed by atoms with van der Waals surface area (Å²) in [7, 11) is 3.24. The molecule has 3 rings (SSSR count). The van der Waals surface area contributed by atoms with Crippen LogP contribution in [0.1, 0.15) is 17.7 Å². The number of amides is 1. The third kappa shape index (κ3) is 4.65. The Hall–Kier alpha value is -2.86. The number of rotatable bonds is 7. The van der Waals surface area contributed by atoms with E-state index < -0.39 is 0 Å². The Morgan fingerprint density at radius 2 is 1.89 bits per heavy atom. The van der Waals surface area contributed by atoms with E-state index in [-0.39, 0.29) is 5.91 Å². The minimum Gasteiger partial charge on any atom is -0.496 e. The number of carbonyl (C=O) groups excluding carboxylic acids is 1. The molecule has 5 nitrogen and oxygen atoms in total. The van der Waals surface area contributed by atoms with E-state index in [0.29, 0.717) is 24.3 Å². The molecular formula is C21H22N2O3S. The normalized spacial score (nSPS) is 10.5. The molecule has 1 N–H and O–H groups in total. The van der Waals surface area contributed by atoms with Gasteiger partial charge in [-0.25, -0.2) is 4.98 Å². The zero-order chi connectivity index (χ0) is 19.2. The Morgan fingerprint density at radius 1 is 1.11 bits per heavy atom. The molecule has 6 heteroatoms. The Labute approximate surface area is 163 Å². The first-order chi connectivity index (χ1) is 13.1. The van der Waals surface area contributed by atoms with Crippen molar-refractivity contribution in [2.45, 2.75) is 19.8 Å². The number of nitrogens with zero attached hydrogens (tertiary/aromatic N) is 1. The van der Waals surface area contributed by atoms with Gasteiger partial charge in [0.1, 0.15) is 16.5 Å². The third-order valence-corrected chi connectivity index (χ3v) is 5.05. The minimum atomic E-state index is -0.0641. The summed E-state index contributed by atoms with van der Waals surface area (Å²) < 4.78 is 10.7. The number of nitrogens with one attached hydrogen (secondary N) is 1. The zero-order valence-electron chi connectivity index (χ0n) is 15.6. The van der Waals surface area contributed by atoms with Gasteiger partial charge in [0.15, 0.2) is 0 Å². The van der Waals surface area contributed by atoms with Crippen molar-refractivity contribution >= 4 is 22.9 Å². The van der Waals surface area contributed by atoms with Gasteiger partial charge in [0.05, 0.1) is 31.2 Å². The number of hydrogen-bond donors (Lipinski definition) is 1. The second-order valence-electron chi connectivity index (χ2n) is 6.10. The number of ether oxygens (including phenoxy) is 2. The highest BCUT2D eigenvalue weighted by Gasteiger charge is 2.12. The topological polar surface area (TPSA) is 60.5 Å². The molecule has 1 aromatic heterocycles. The Morgan fingerprint density at radius 3 is 2.67 bits per heavy atom. The molecule has 27 heavy (non-hydrogen) atoms. The van der Waals surface area contributed by atoms with E-state index in [2.05, 4.69) is 10.3 Å². The number of carbonyl (C=O) groups is 1. The van der Waals surface area contributed by atoms with Gasteiger partial charge in [-0.3, -0.25) is 4.79 Å². The number of para-hydroxylation sites is 1. The number of hydrogen-bond acceptors (Lipinski definition) is 5. The standard InChI is InChI=1S/C21H22N2O3S/c1-14-8-10-19(26-3)17(12-14)23-20(24)11-9-15-13-27-21(22-15)16-6-4-5-7-18(16)25-2/h4-8,10,12-13H,9,11H2,1-3H3,(H,23,24). The number of thiazole rings is 1. The van der Waals surface area contributed by atoms with Gasteiger partial charge >= 0.3 is 0 Å². The lowest BCUT2D eigenvalue weighted by Crippen LogP contribution is -2.13. The van der Waals surface area contributed by atoms with Crippen molar-refractivity contribution in [3.05, 3.63) is 59.1 Å². The average Bonchev–Trinajstić information content (AvgIpc) is 3.15. The van der Waals surface area contributed by atoms with Gasteiger partial charge in [0.25, 0.3) is 0 Å². The molecule has 0 spiro atoms. The van der Waals surface area contributed by atoms with Gasteiger partial charge < -0.3 is 14.8 Å². The predicted octanol–water partition coefficient (Wildman–Crippen LogP) is 4.71. The van der Waals surface area contributed by atoms with Gasteiger partial charge in [0.2, 0.25) is 5.91 Å². The van der Waals surface area contributed by atoms with Crippen molar-refractivity contribution in [2.24, 2.45) is 0 Å². The fourth-order valence-corrected chi connectivity index (χ4v) is 3.62. The highest BCUT2D eigenvalue weighted by Crippen LogP contribution is 2.32. The molecule has 0 saturated heterocycles. The lowest BCUT2D eigenvalue weighted by molar-refractivity contribution is -0.116. The van der Waals surface area contributed by atoms with Crippen molar-refractivity contribution < 1.29 is 14.3 Å². The lowest BCUT2D eigenvalue weighted by atomic mass is 10.2. The van der Waals surface area contributed by atoms with Crippen LogP contribution in [0.25, 0.3) is 10.6 Å². The molecule has 3 aromatic rings. The minimum absolute atomic E-state index is 0.0641. The van der Waals surface area contributed by atoms with Crippen LogP contribution >= 0.6 is 11.3 Å². The van der Waals surface area contributed by atoms with Crippen LogP contribution in [0.4, 0.5) is 5.69 Å². The van der Waals surface area contributed by atoms with Gasteiger partial charge in [-0.15, -0.1) is 11.3 Å². The van der Waals surface area contributed by atoms with Crippen LogP contribution in [0, 0.1) is 6.92 Å². The molecular weight excluding hydrogens is 360 g/mol. The number of aryl methyl sites for hydroxylation is 2. The summed E-state index contributed by atoms with van der Waals surface area (Å²) in [5.41, 5.74) is 3.61. The summed E-state index contributed by atoms with van der Waals surface area (Å²) in [6.45, 7) is 1.98. The van der Waals surface area contributed by atoms with Crippen LogP contribution in [-0.2, 0) is 11.2 Å². The third-order valence-electron chi connectivity index (χ3n) is 4.13. The zero-order valence-corrected chi connectivity index (χ0v) is 16.4. The maximum Gasteiger partial charge on any atom is 0.224 e. The molecule has 0 aliphatic heterocycles. The molecule has 0 fully saturated rings. The fraction of sp³-hybridized carbons (Fsp3) is 0.238. The average molecular weight is 382 g/mol. The van der Waals surface area contributed by atoms with Crippen LogP contribution in [-0.4, -0.2) is 25.1 Å². The van der Waals surface area contributed by atoms with Crippen LogP contribution in [0.5, 0.6) is 11.5 Å². The molecule has 0 unspecified atom stereocenters. The van der Waals surface area contributed by atoms with E-state index in [1.165, 1.54) is 0 Å². The lowest BCUT2D eigenvalue weighted by Gasteiger charge is -2.10. The van der Waals surface area contributed by atoms with Gasteiger partial charge in [0, 0.05) is 11.8 Å². The van der Waals surface area contributed by atoms with Crippen LogP contribution in [0.15, 0.2) is 47.8 Å². The Kier molecular flexibility index (Phi) is 6.08. The number of anilines is 1. The molecule has 0 saturated carbocycles. The van der Waals surface area contributed by atoms with Crippen molar-refractivity contribution in [2.75, 3.05) is 19.5 Å². The monoisotopic (exact) mass is 382 g/mol. The second-order valence-corrected chi connectivity index (χ2v) is 6.95. The number of methoxy groups -OCH3 is 2. The summed E-state index contributed by atoms with van der Waals surface area (Å²) in [5, 5.41) is 5.80. The molecule has 140 valence electrons. The molecule has 1 amide bonds. The summed E-state index contributed by atoms with van der Waals surface area (Å²) in [4.78, 5) is 17.0. The highest BCUT2D eigenvalue weighted by molar-refractivity contribution is 7.13. The number of benzene rings is 2. The molecule has 0 aliphatic rings. The van der Waals surface area contributed by atoms with Crippen molar-refractivity contribution in [1.82, 2.24) is 4.98 Å². The quantitative estimate of drug-likeness (QED) is 0.643. The van der Waals surface area contributed by atoms with Gasteiger partial charge in [-0.2, -0.15) is 0 Å². The summed E-state index contributed by atoms with van der Waals surface area (Å²) in [6.07, 6.45) is 0.928.